The maximum Gasteiger partial charge on any atom is 0.0469 e. The van der Waals surface area contributed by atoms with Gasteiger partial charge in [-0.1, -0.05) is 30.3 Å². The molecule has 15 heavy (non-hydrogen) atoms. The minimum absolute atomic E-state index is 0.808. The van der Waals surface area contributed by atoms with E-state index in [1.807, 2.05) is 0 Å². The van der Waals surface area contributed by atoms with Gasteiger partial charge >= 0.3 is 0 Å². The van der Waals surface area contributed by atoms with Gasteiger partial charge in [-0.25, -0.2) is 0 Å². The van der Waals surface area contributed by atoms with Gasteiger partial charge in [0.05, 0.1) is 0 Å². The highest BCUT2D eigenvalue weighted by atomic mass is 16.5. The van der Waals surface area contributed by atoms with Crippen LogP contribution in [0, 0.1) is 5.92 Å². The number of ether oxygens (including phenoxy) is 1. The molecule has 0 radical (unpaired) electrons. The van der Waals surface area contributed by atoms with Gasteiger partial charge in [0.1, 0.15) is 0 Å². The van der Waals surface area contributed by atoms with E-state index in [-0.39, 0.29) is 0 Å². The van der Waals surface area contributed by atoms with Crippen molar-refractivity contribution in [3.63, 3.8) is 0 Å². The molecule has 0 bridgehead atoms. The molecule has 1 aromatic carbocycles. The van der Waals surface area contributed by atoms with E-state index in [0.29, 0.717) is 0 Å². The lowest BCUT2D eigenvalue weighted by molar-refractivity contribution is 0.0662. The van der Waals surface area contributed by atoms with Crippen molar-refractivity contribution in [3.05, 3.63) is 35.9 Å². The summed E-state index contributed by atoms with van der Waals surface area (Å²) < 4.78 is 5.34. The Morgan fingerprint density at radius 3 is 2.60 bits per heavy atom. The fourth-order valence-corrected chi connectivity index (χ4v) is 1.97. The van der Waals surface area contributed by atoms with E-state index in [2.05, 4.69) is 35.6 Å². The second-order valence-electron chi connectivity index (χ2n) is 4.17. The van der Waals surface area contributed by atoms with E-state index in [1.165, 1.54) is 18.4 Å². The molecule has 2 rings (SSSR count). The van der Waals surface area contributed by atoms with Gasteiger partial charge in [0.2, 0.25) is 0 Å². The van der Waals surface area contributed by atoms with Crippen LogP contribution in [-0.2, 0) is 11.3 Å². The molecule has 1 aromatic rings. The zero-order valence-corrected chi connectivity index (χ0v) is 9.11. The summed E-state index contributed by atoms with van der Waals surface area (Å²) in [5.74, 6) is 0.808. The predicted octanol–water partition coefficient (Wildman–Crippen LogP) is 2.20. The molecule has 1 aliphatic heterocycles. The lowest BCUT2D eigenvalue weighted by Crippen LogP contribution is -2.27. The molecule has 0 spiro atoms. The normalized spacial score (nSPS) is 17.9. The molecule has 2 heteroatoms. The standard InChI is InChI=1S/C13H19NO/c1-2-4-12(5-3-1)10-14-11-13-6-8-15-9-7-13/h1-5,13-14H,6-11H2. The van der Waals surface area contributed by atoms with Crippen molar-refractivity contribution in [3.8, 4) is 0 Å². The summed E-state index contributed by atoms with van der Waals surface area (Å²) in [6, 6.07) is 10.6. The second-order valence-corrected chi connectivity index (χ2v) is 4.17. The summed E-state index contributed by atoms with van der Waals surface area (Å²) >= 11 is 0. The third kappa shape index (κ3) is 3.65. The summed E-state index contributed by atoms with van der Waals surface area (Å²) in [6.07, 6.45) is 2.42. The minimum atomic E-state index is 0.808. The van der Waals surface area contributed by atoms with Crippen molar-refractivity contribution >= 4 is 0 Å². The Hall–Kier alpha value is -0.860. The highest BCUT2D eigenvalue weighted by Gasteiger charge is 2.12. The molecule has 1 saturated heterocycles. The molecule has 82 valence electrons. The Morgan fingerprint density at radius 1 is 1.13 bits per heavy atom. The molecule has 0 aliphatic carbocycles. The minimum Gasteiger partial charge on any atom is -0.381 e. The number of benzene rings is 1. The third-order valence-corrected chi connectivity index (χ3v) is 2.95. The maximum atomic E-state index is 5.34. The molecular formula is C13H19NO. The topological polar surface area (TPSA) is 21.3 Å². The number of nitrogens with one attached hydrogen (secondary N) is 1. The van der Waals surface area contributed by atoms with Crippen LogP contribution in [-0.4, -0.2) is 19.8 Å². The average Bonchev–Trinajstić information content (AvgIpc) is 2.32. The fraction of sp³-hybridized carbons (Fsp3) is 0.538. The molecule has 0 amide bonds. The largest absolute Gasteiger partial charge is 0.381 e. The van der Waals surface area contributed by atoms with E-state index in [9.17, 15) is 0 Å². The van der Waals surface area contributed by atoms with Gasteiger partial charge in [-0.05, 0) is 30.9 Å². The van der Waals surface area contributed by atoms with E-state index in [0.717, 1.165) is 32.2 Å². The number of rotatable bonds is 4. The molecule has 0 saturated carbocycles. The summed E-state index contributed by atoms with van der Waals surface area (Å²) in [5.41, 5.74) is 1.37. The number of hydrogen-bond donors (Lipinski definition) is 1. The summed E-state index contributed by atoms with van der Waals surface area (Å²) in [6.45, 7) is 3.99. The summed E-state index contributed by atoms with van der Waals surface area (Å²) in [7, 11) is 0. The Balaban J connectivity index is 1.66. The predicted molar refractivity (Wildman–Crippen MR) is 61.7 cm³/mol. The van der Waals surface area contributed by atoms with Gasteiger partial charge in [-0.2, -0.15) is 0 Å². The van der Waals surface area contributed by atoms with Crippen molar-refractivity contribution in [2.75, 3.05) is 19.8 Å². The van der Waals surface area contributed by atoms with Crippen LogP contribution in [0.5, 0.6) is 0 Å². The zero-order chi connectivity index (χ0) is 10.3. The van der Waals surface area contributed by atoms with Crippen LogP contribution >= 0.6 is 0 Å². The van der Waals surface area contributed by atoms with E-state index in [1.54, 1.807) is 0 Å². The molecule has 0 atom stereocenters. The van der Waals surface area contributed by atoms with E-state index >= 15 is 0 Å². The zero-order valence-electron chi connectivity index (χ0n) is 9.11. The molecule has 0 unspecified atom stereocenters. The van der Waals surface area contributed by atoms with E-state index in [4.69, 9.17) is 4.74 Å². The van der Waals surface area contributed by atoms with Crippen LogP contribution in [0.1, 0.15) is 18.4 Å². The van der Waals surface area contributed by atoms with Gasteiger partial charge in [0, 0.05) is 19.8 Å². The first-order valence-electron chi connectivity index (χ1n) is 5.77. The van der Waals surface area contributed by atoms with Gasteiger partial charge in [0.15, 0.2) is 0 Å². The first-order valence-corrected chi connectivity index (χ1v) is 5.77. The molecule has 1 heterocycles. The highest BCUT2D eigenvalue weighted by Crippen LogP contribution is 2.13. The smallest absolute Gasteiger partial charge is 0.0469 e. The molecule has 1 aliphatic rings. The van der Waals surface area contributed by atoms with Crippen LogP contribution in [0.2, 0.25) is 0 Å². The molecule has 0 aromatic heterocycles. The van der Waals surface area contributed by atoms with Gasteiger partial charge < -0.3 is 10.1 Å². The van der Waals surface area contributed by atoms with Crippen molar-refractivity contribution in [2.45, 2.75) is 19.4 Å². The van der Waals surface area contributed by atoms with Gasteiger partial charge in [-0.15, -0.1) is 0 Å². The first kappa shape index (κ1) is 10.7. The molecular weight excluding hydrogens is 186 g/mol. The Kier molecular flexibility index (Phi) is 4.18. The van der Waals surface area contributed by atoms with Crippen LogP contribution in [0.25, 0.3) is 0 Å². The van der Waals surface area contributed by atoms with Gasteiger partial charge in [0.25, 0.3) is 0 Å². The Labute approximate surface area is 91.6 Å². The van der Waals surface area contributed by atoms with Crippen LogP contribution < -0.4 is 5.32 Å². The quantitative estimate of drug-likeness (QED) is 0.813. The van der Waals surface area contributed by atoms with Crippen LogP contribution in [0.3, 0.4) is 0 Å². The highest BCUT2D eigenvalue weighted by molar-refractivity contribution is 5.14. The molecule has 1 N–H and O–H groups in total. The van der Waals surface area contributed by atoms with Gasteiger partial charge in [-0.3, -0.25) is 0 Å². The lowest BCUT2D eigenvalue weighted by atomic mass is 10.0. The monoisotopic (exact) mass is 205 g/mol. The molecule has 1 fully saturated rings. The lowest BCUT2D eigenvalue weighted by Gasteiger charge is -2.22. The van der Waals surface area contributed by atoms with Crippen LogP contribution in [0.15, 0.2) is 30.3 Å². The van der Waals surface area contributed by atoms with Crippen molar-refractivity contribution < 1.29 is 4.74 Å². The third-order valence-electron chi connectivity index (χ3n) is 2.95. The second kappa shape index (κ2) is 5.89. The van der Waals surface area contributed by atoms with E-state index < -0.39 is 0 Å². The van der Waals surface area contributed by atoms with Crippen molar-refractivity contribution in [2.24, 2.45) is 5.92 Å². The number of hydrogen-bond acceptors (Lipinski definition) is 2. The SMILES string of the molecule is c1ccc(CNCC2CCOCC2)cc1. The summed E-state index contributed by atoms with van der Waals surface area (Å²) in [4.78, 5) is 0. The first-order chi connectivity index (χ1) is 7.45. The van der Waals surface area contributed by atoms with Crippen molar-refractivity contribution in [1.82, 2.24) is 5.32 Å². The maximum absolute atomic E-state index is 5.34. The fourth-order valence-electron chi connectivity index (χ4n) is 1.97. The van der Waals surface area contributed by atoms with Crippen LogP contribution in [0.4, 0.5) is 0 Å². The summed E-state index contributed by atoms with van der Waals surface area (Å²) in [5, 5.41) is 3.52. The average molecular weight is 205 g/mol. The Morgan fingerprint density at radius 2 is 1.87 bits per heavy atom. The molecule has 2 nitrogen and oxygen atoms in total. The van der Waals surface area contributed by atoms with Crippen molar-refractivity contribution in [1.29, 1.82) is 0 Å². The Bertz CT molecular complexity index is 267.